The van der Waals surface area contributed by atoms with E-state index in [1.54, 1.807) is 6.92 Å². The van der Waals surface area contributed by atoms with Gasteiger partial charge in [0.1, 0.15) is 9.84 Å². The number of sulfone groups is 1. The molecule has 0 aromatic carbocycles. The first-order valence-electron chi connectivity index (χ1n) is 5.49. The zero-order valence-electron chi connectivity index (χ0n) is 9.54. The lowest BCUT2D eigenvalue weighted by Crippen LogP contribution is -2.29. The SMILES string of the molecule is CCC(CC)NCCCS(=O)(=O)CC. The van der Waals surface area contributed by atoms with E-state index in [9.17, 15) is 8.42 Å². The fourth-order valence-corrected chi connectivity index (χ4v) is 2.19. The van der Waals surface area contributed by atoms with Crippen LogP contribution in [0.15, 0.2) is 0 Å². The molecule has 1 N–H and O–H groups in total. The molecule has 3 nitrogen and oxygen atoms in total. The Morgan fingerprint density at radius 1 is 1.14 bits per heavy atom. The molecule has 0 rings (SSSR count). The third-order valence-electron chi connectivity index (χ3n) is 2.49. The Hall–Kier alpha value is -0.0900. The number of rotatable bonds is 8. The summed E-state index contributed by atoms with van der Waals surface area (Å²) >= 11 is 0. The first kappa shape index (κ1) is 13.9. The Morgan fingerprint density at radius 2 is 1.71 bits per heavy atom. The van der Waals surface area contributed by atoms with Gasteiger partial charge in [-0.25, -0.2) is 8.42 Å². The molecule has 0 aromatic heterocycles. The van der Waals surface area contributed by atoms with E-state index >= 15 is 0 Å². The van der Waals surface area contributed by atoms with Gasteiger partial charge < -0.3 is 5.32 Å². The smallest absolute Gasteiger partial charge is 0.150 e. The summed E-state index contributed by atoms with van der Waals surface area (Å²) in [7, 11) is -2.77. The summed E-state index contributed by atoms with van der Waals surface area (Å²) in [6, 6.07) is 0.541. The second-order valence-electron chi connectivity index (χ2n) is 3.56. The van der Waals surface area contributed by atoms with Crippen molar-refractivity contribution in [2.24, 2.45) is 0 Å². The highest BCUT2D eigenvalue weighted by molar-refractivity contribution is 7.91. The van der Waals surface area contributed by atoms with Crippen LogP contribution in [0.2, 0.25) is 0 Å². The molecule has 14 heavy (non-hydrogen) atoms. The average molecular weight is 221 g/mol. The minimum Gasteiger partial charge on any atom is -0.314 e. The van der Waals surface area contributed by atoms with E-state index in [0.717, 1.165) is 25.8 Å². The molecule has 0 aromatic rings. The minimum absolute atomic E-state index is 0.262. The van der Waals surface area contributed by atoms with Gasteiger partial charge >= 0.3 is 0 Å². The van der Waals surface area contributed by atoms with Crippen molar-refractivity contribution in [1.82, 2.24) is 5.32 Å². The van der Waals surface area contributed by atoms with Crippen molar-refractivity contribution < 1.29 is 8.42 Å². The van der Waals surface area contributed by atoms with Crippen molar-refractivity contribution in [3.05, 3.63) is 0 Å². The van der Waals surface area contributed by atoms with Crippen LogP contribution in [0.25, 0.3) is 0 Å². The van der Waals surface area contributed by atoms with Crippen LogP contribution in [-0.4, -0.2) is 32.5 Å². The molecule has 86 valence electrons. The Bertz CT molecular complexity index is 220. The predicted molar refractivity (Wildman–Crippen MR) is 61.3 cm³/mol. The van der Waals surface area contributed by atoms with E-state index in [1.165, 1.54) is 0 Å². The quantitative estimate of drug-likeness (QED) is 0.633. The molecule has 0 bridgehead atoms. The summed E-state index contributed by atoms with van der Waals surface area (Å²) < 4.78 is 22.3. The number of hydrogen-bond acceptors (Lipinski definition) is 3. The van der Waals surface area contributed by atoms with E-state index in [0.29, 0.717) is 11.8 Å². The van der Waals surface area contributed by atoms with Crippen LogP contribution in [0, 0.1) is 0 Å². The van der Waals surface area contributed by atoms with Crippen LogP contribution in [0.3, 0.4) is 0 Å². The van der Waals surface area contributed by atoms with Crippen molar-refractivity contribution in [3.8, 4) is 0 Å². The first-order valence-corrected chi connectivity index (χ1v) is 7.31. The third kappa shape index (κ3) is 6.38. The topological polar surface area (TPSA) is 46.2 Å². The zero-order chi connectivity index (χ0) is 11.0. The molecule has 0 saturated carbocycles. The van der Waals surface area contributed by atoms with Gasteiger partial charge in [0.2, 0.25) is 0 Å². The molecule has 0 saturated heterocycles. The summed E-state index contributed by atoms with van der Waals surface area (Å²) in [5.41, 5.74) is 0. The highest BCUT2D eigenvalue weighted by Gasteiger charge is 2.07. The van der Waals surface area contributed by atoms with Gasteiger partial charge in [0.05, 0.1) is 5.75 Å². The molecule has 0 unspecified atom stereocenters. The standard InChI is InChI=1S/C10H23NO2S/c1-4-10(5-2)11-8-7-9-14(12,13)6-3/h10-11H,4-9H2,1-3H3. The van der Waals surface area contributed by atoms with Crippen LogP contribution in [0.5, 0.6) is 0 Å². The molecule has 0 aliphatic carbocycles. The summed E-state index contributed by atoms with van der Waals surface area (Å²) in [5, 5.41) is 3.35. The van der Waals surface area contributed by atoms with Gasteiger partial charge in [-0.05, 0) is 25.8 Å². The molecule has 0 amide bonds. The Balaban J connectivity index is 3.56. The van der Waals surface area contributed by atoms with Crippen LogP contribution in [0.4, 0.5) is 0 Å². The molecule has 0 fully saturated rings. The highest BCUT2D eigenvalue weighted by atomic mass is 32.2. The van der Waals surface area contributed by atoms with Gasteiger partial charge in [-0.3, -0.25) is 0 Å². The molecule has 0 atom stereocenters. The van der Waals surface area contributed by atoms with Crippen LogP contribution in [0.1, 0.15) is 40.0 Å². The van der Waals surface area contributed by atoms with E-state index in [1.807, 2.05) is 0 Å². The zero-order valence-corrected chi connectivity index (χ0v) is 10.4. The lowest BCUT2D eigenvalue weighted by molar-refractivity contribution is 0.484. The molecule has 0 heterocycles. The van der Waals surface area contributed by atoms with Gasteiger partial charge in [0.15, 0.2) is 0 Å². The molecular formula is C10H23NO2S. The Kier molecular flexibility index (Phi) is 7.19. The maximum absolute atomic E-state index is 11.2. The van der Waals surface area contributed by atoms with Crippen molar-refractivity contribution >= 4 is 9.84 Å². The van der Waals surface area contributed by atoms with Gasteiger partial charge in [-0.1, -0.05) is 20.8 Å². The summed E-state index contributed by atoms with van der Waals surface area (Å²) in [6.45, 7) is 6.79. The third-order valence-corrected chi connectivity index (χ3v) is 4.28. The highest BCUT2D eigenvalue weighted by Crippen LogP contribution is 1.97. The summed E-state index contributed by atoms with van der Waals surface area (Å²) in [4.78, 5) is 0. The maximum Gasteiger partial charge on any atom is 0.150 e. The van der Waals surface area contributed by atoms with Crippen molar-refractivity contribution in [2.75, 3.05) is 18.1 Å². The summed E-state index contributed by atoms with van der Waals surface area (Å²) in [6.07, 6.45) is 2.95. The minimum atomic E-state index is -2.77. The normalized spacial score (nSPS) is 12.3. The van der Waals surface area contributed by atoms with Crippen LogP contribution >= 0.6 is 0 Å². The van der Waals surface area contributed by atoms with Gasteiger partial charge in [-0.2, -0.15) is 0 Å². The van der Waals surface area contributed by atoms with E-state index < -0.39 is 9.84 Å². The number of hydrogen-bond donors (Lipinski definition) is 1. The molecular weight excluding hydrogens is 198 g/mol. The predicted octanol–water partition coefficient (Wildman–Crippen LogP) is 1.59. The fraction of sp³-hybridized carbons (Fsp3) is 1.00. The molecule has 0 spiro atoms. The second-order valence-corrected chi connectivity index (χ2v) is 6.03. The van der Waals surface area contributed by atoms with Gasteiger partial charge in [0.25, 0.3) is 0 Å². The van der Waals surface area contributed by atoms with Crippen LogP contribution in [-0.2, 0) is 9.84 Å². The first-order chi connectivity index (χ1) is 6.55. The second kappa shape index (κ2) is 7.23. The largest absolute Gasteiger partial charge is 0.314 e. The van der Waals surface area contributed by atoms with Crippen LogP contribution < -0.4 is 5.32 Å². The van der Waals surface area contributed by atoms with Crippen molar-refractivity contribution in [1.29, 1.82) is 0 Å². The summed E-state index contributed by atoms with van der Waals surface area (Å²) in [5.74, 6) is 0.578. The molecule has 4 heteroatoms. The van der Waals surface area contributed by atoms with Crippen molar-refractivity contribution in [3.63, 3.8) is 0 Å². The monoisotopic (exact) mass is 221 g/mol. The average Bonchev–Trinajstić information content (AvgIpc) is 2.18. The lowest BCUT2D eigenvalue weighted by atomic mass is 10.2. The Morgan fingerprint density at radius 3 is 2.14 bits per heavy atom. The van der Waals surface area contributed by atoms with E-state index in [4.69, 9.17) is 0 Å². The maximum atomic E-state index is 11.2. The Labute approximate surface area is 88.2 Å². The lowest BCUT2D eigenvalue weighted by Gasteiger charge is -2.14. The van der Waals surface area contributed by atoms with E-state index in [-0.39, 0.29) is 5.75 Å². The van der Waals surface area contributed by atoms with Gasteiger partial charge in [-0.15, -0.1) is 0 Å². The molecule has 0 aliphatic rings. The number of nitrogens with one attached hydrogen (secondary N) is 1. The molecule has 0 aliphatic heterocycles. The van der Waals surface area contributed by atoms with E-state index in [2.05, 4.69) is 19.2 Å². The van der Waals surface area contributed by atoms with Gasteiger partial charge in [0, 0.05) is 11.8 Å². The molecule has 0 radical (unpaired) electrons. The fourth-order valence-electron chi connectivity index (χ4n) is 1.32. The van der Waals surface area contributed by atoms with Crippen molar-refractivity contribution in [2.45, 2.75) is 46.1 Å².